The van der Waals surface area contributed by atoms with E-state index in [0.29, 0.717) is 25.2 Å². The quantitative estimate of drug-likeness (QED) is 0.886. The number of carbonyl (C=O) groups excluding carboxylic acids is 1. The fourth-order valence-electron chi connectivity index (χ4n) is 2.67. The molecule has 0 radical (unpaired) electrons. The minimum Gasteiger partial charge on any atom is -0.444 e. The molecule has 1 aromatic carbocycles. The molecule has 1 aliphatic rings. The number of amides is 1. The minimum absolute atomic E-state index is 0.101. The smallest absolute Gasteiger partial charge is 0.410 e. The fourth-order valence-corrected chi connectivity index (χ4v) is 2.67. The lowest BCUT2D eigenvalue weighted by Gasteiger charge is -2.27. The van der Waals surface area contributed by atoms with Gasteiger partial charge in [-0.05, 0) is 51.8 Å². The Morgan fingerprint density at radius 1 is 1.33 bits per heavy atom. The van der Waals surface area contributed by atoms with Crippen molar-refractivity contribution in [1.82, 2.24) is 10.2 Å². The van der Waals surface area contributed by atoms with Crippen LogP contribution in [0.5, 0.6) is 0 Å². The fraction of sp³-hybridized carbons (Fsp3) is 0.611. The number of likely N-dealkylation sites (tertiary alicyclic amines) is 1. The second kappa shape index (κ2) is 7.07. The van der Waals surface area contributed by atoms with Gasteiger partial charge in [-0.15, -0.1) is 0 Å². The van der Waals surface area contributed by atoms with Crippen LogP contribution >= 0.6 is 0 Å². The molecular formula is C18H27FN2O3. The maximum atomic E-state index is 13.0. The van der Waals surface area contributed by atoms with Gasteiger partial charge in [-0.3, -0.25) is 0 Å². The van der Waals surface area contributed by atoms with Crippen LogP contribution in [0.3, 0.4) is 0 Å². The van der Waals surface area contributed by atoms with Gasteiger partial charge in [0.25, 0.3) is 0 Å². The number of ether oxygens (including phenoxy) is 1. The molecule has 2 rings (SSSR count). The molecule has 1 amide bonds. The van der Waals surface area contributed by atoms with E-state index in [-0.39, 0.29) is 18.0 Å². The van der Waals surface area contributed by atoms with E-state index < -0.39 is 11.2 Å². The third-order valence-electron chi connectivity index (χ3n) is 4.04. The summed E-state index contributed by atoms with van der Waals surface area (Å²) in [5.74, 6) is -0.327. The Bertz CT molecular complexity index is 567. The summed E-state index contributed by atoms with van der Waals surface area (Å²) in [6, 6.07) is 5.94. The molecule has 1 aliphatic heterocycles. The second-order valence-electron chi connectivity index (χ2n) is 7.57. The van der Waals surface area contributed by atoms with E-state index in [4.69, 9.17) is 4.74 Å². The van der Waals surface area contributed by atoms with Crippen LogP contribution in [-0.2, 0) is 10.3 Å². The molecule has 5 nitrogen and oxygen atoms in total. The molecule has 2 atom stereocenters. The van der Waals surface area contributed by atoms with Crippen molar-refractivity contribution < 1.29 is 19.0 Å². The highest BCUT2D eigenvalue weighted by Gasteiger charge is 2.31. The minimum atomic E-state index is -1.10. The molecule has 0 bridgehead atoms. The van der Waals surface area contributed by atoms with Crippen LogP contribution in [0.4, 0.5) is 9.18 Å². The SMILES string of the molecule is CC(C)(C)OC(=O)N1CCC(NCC(C)(O)c2ccc(F)cc2)C1. The van der Waals surface area contributed by atoms with Crippen LogP contribution in [0.25, 0.3) is 0 Å². The molecule has 1 aromatic rings. The van der Waals surface area contributed by atoms with Crippen molar-refractivity contribution >= 4 is 6.09 Å². The topological polar surface area (TPSA) is 61.8 Å². The molecule has 0 spiro atoms. The zero-order valence-corrected chi connectivity index (χ0v) is 14.8. The summed E-state index contributed by atoms with van der Waals surface area (Å²) in [4.78, 5) is 13.7. The molecule has 0 saturated carbocycles. The summed E-state index contributed by atoms with van der Waals surface area (Å²) in [5.41, 5.74) is -0.958. The van der Waals surface area contributed by atoms with Crippen molar-refractivity contribution in [2.24, 2.45) is 0 Å². The van der Waals surface area contributed by atoms with Gasteiger partial charge in [-0.1, -0.05) is 12.1 Å². The number of hydrogen-bond donors (Lipinski definition) is 2. The maximum absolute atomic E-state index is 13.0. The van der Waals surface area contributed by atoms with Gasteiger partial charge in [-0.2, -0.15) is 0 Å². The van der Waals surface area contributed by atoms with E-state index in [1.165, 1.54) is 12.1 Å². The molecular weight excluding hydrogens is 311 g/mol. The lowest BCUT2D eigenvalue weighted by atomic mass is 9.95. The van der Waals surface area contributed by atoms with Gasteiger partial charge in [0, 0.05) is 25.7 Å². The number of nitrogens with zero attached hydrogens (tertiary/aromatic N) is 1. The molecule has 1 fully saturated rings. The van der Waals surface area contributed by atoms with Gasteiger partial charge in [0.15, 0.2) is 0 Å². The number of halogens is 1. The van der Waals surface area contributed by atoms with Crippen LogP contribution in [0.2, 0.25) is 0 Å². The van der Waals surface area contributed by atoms with Gasteiger partial charge in [0.2, 0.25) is 0 Å². The van der Waals surface area contributed by atoms with E-state index in [1.54, 1.807) is 24.0 Å². The van der Waals surface area contributed by atoms with Crippen molar-refractivity contribution in [1.29, 1.82) is 0 Å². The van der Waals surface area contributed by atoms with Gasteiger partial charge in [0.05, 0.1) is 5.60 Å². The highest BCUT2D eigenvalue weighted by atomic mass is 19.1. The third kappa shape index (κ3) is 5.18. The normalized spacial score (nSPS) is 20.8. The summed E-state index contributed by atoms with van der Waals surface area (Å²) in [7, 11) is 0. The van der Waals surface area contributed by atoms with Crippen LogP contribution in [0.1, 0.15) is 39.7 Å². The zero-order chi connectivity index (χ0) is 18.0. The highest BCUT2D eigenvalue weighted by molar-refractivity contribution is 5.68. The molecule has 1 saturated heterocycles. The van der Waals surface area contributed by atoms with E-state index in [0.717, 1.165) is 6.42 Å². The van der Waals surface area contributed by atoms with Crippen molar-refractivity contribution in [3.63, 3.8) is 0 Å². The summed E-state index contributed by atoms with van der Waals surface area (Å²) >= 11 is 0. The lowest BCUT2D eigenvalue weighted by molar-refractivity contribution is 0.0286. The third-order valence-corrected chi connectivity index (χ3v) is 4.04. The van der Waals surface area contributed by atoms with Gasteiger partial charge >= 0.3 is 6.09 Å². The number of aliphatic hydroxyl groups is 1. The molecule has 0 aromatic heterocycles. The second-order valence-corrected chi connectivity index (χ2v) is 7.57. The van der Waals surface area contributed by atoms with E-state index in [2.05, 4.69) is 5.32 Å². The largest absolute Gasteiger partial charge is 0.444 e. The molecule has 2 N–H and O–H groups in total. The first kappa shape index (κ1) is 18.7. The maximum Gasteiger partial charge on any atom is 0.410 e. The van der Waals surface area contributed by atoms with Crippen LogP contribution in [0.15, 0.2) is 24.3 Å². The van der Waals surface area contributed by atoms with Crippen LogP contribution in [0, 0.1) is 5.82 Å². The Morgan fingerprint density at radius 3 is 2.54 bits per heavy atom. The van der Waals surface area contributed by atoms with Gasteiger partial charge < -0.3 is 20.1 Å². The summed E-state index contributed by atoms with van der Waals surface area (Å²) in [6.07, 6.45) is 0.496. The zero-order valence-electron chi connectivity index (χ0n) is 14.8. The lowest BCUT2D eigenvalue weighted by Crippen LogP contribution is -2.43. The summed E-state index contributed by atoms with van der Waals surface area (Å²) in [5, 5.41) is 13.9. The number of nitrogens with one attached hydrogen (secondary N) is 1. The Labute approximate surface area is 142 Å². The first-order valence-corrected chi connectivity index (χ1v) is 8.26. The van der Waals surface area contributed by atoms with Gasteiger partial charge in [-0.25, -0.2) is 9.18 Å². The molecule has 24 heavy (non-hydrogen) atoms. The monoisotopic (exact) mass is 338 g/mol. The summed E-state index contributed by atoms with van der Waals surface area (Å²) < 4.78 is 18.4. The first-order chi connectivity index (χ1) is 11.1. The Balaban J connectivity index is 1.85. The molecule has 1 heterocycles. The van der Waals surface area contributed by atoms with Gasteiger partial charge in [0.1, 0.15) is 11.4 Å². The number of carbonyl (C=O) groups is 1. The van der Waals surface area contributed by atoms with Crippen molar-refractivity contribution in [2.45, 2.75) is 51.4 Å². The number of benzene rings is 1. The number of rotatable bonds is 4. The standard InChI is InChI=1S/C18H27FN2O3/c1-17(2,3)24-16(22)21-10-9-15(11-21)20-12-18(4,23)13-5-7-14(19)8-6-13/h5-8,15,20,23H,9-12H2,1-4H3. The molecule has 0 aliphatic carbocycles. The highest BCUT2D eigenvalue weighted by Crippen LogP contribution is 2.21. The van der Waals surface area contributed by atoms with Crippen molar-refractivity contribution in [2.75, 3.05) is 19.6 Å². The van der Waals surface area contributed by atoms with E-state index in [9.17, 15) is 14.3 Å². The molecule has 6 heteroatoms. The van der Waals surface area contributed by atoms with Crippen molar-refractivity contribution in [3.05, 3.63) is 35.6 Å². The Kier molecular flexibility index (Phi) is 5.50. The Hall–Kier alpha value is -1.66. The summed E-state index contributed by atoms with van der Waals surface area (Å²) in [6.45, 7) is 8.72. The average Bonchev–Trinajstić information content (AvgIpc) is 2.93. The predicted molar refractivity (Wildman–Crippen MR) is 90.2 cm³/mol. The number of hydrogen-bond acceptors (Lipinski definition) is 4. The first-order valence-electron chi connectivity index (χ1n) is 8.26. The Morgan fingerprint density at radius 2 is 1.96 bits per heavy atom. The average molecular weight is 338 g/mol. The molecule has 2 unspecified atom stereocenters. The van der Waals surface area contributed by atoms with E-state index in [1.807, 2.05) is 20.8 Å². The van der Waals surface area contributed by atoms with Crippen LogP contribution in [-0.4, -0.2) is 47.4 Å². The predicted octanol–water partition coefficient (Wildman–Crippen LogP) is 2.63. The molecule has 134 valence electrons. The van der Waals surface area contributed by atoms with Crippen molar-refractivity contribution in [3.8, 4) is 0 Å². The van der Waals surface area contributed by atoms with E-state index >= 15 is 0 Å². The van der Waals surface area contributed by atoms with Crippen LogP contribution < -0.4 is 5.32 Å².